The Hall–Kier alpha value is -0.770. The van der Waals surface area contributed by atoms with E-state index in [1.165, 1.54) is 0 Å². The summed E-state index contributed by atoms with van der Waals surface area (Å²) < 4.78 is 139. The van der Waals surface area contributed by atoms with Gasteiger partial charge in [0.2, 0.25) is 0 Å². The lowest BCUT2D eigenvalue weighted by Gasteiger charge is -2.37. The van der Waals surface area contributed by atoms with Crippen molar-refractivity contribution >= 4 is 0 Å². The normalized spacial score (nSPS) is 18.7. The third kappa shape index (κ3) is 3.12. The Morgan fingerprint density at radius 2 is 1.09 bits per heavy atom. The monoisotopic (exact) mass is 352 g/mol. The standard InChI is InChI=1S/C11H11F11/c12-7(13,5-1-2-6-3-4-6)8(14,15)9(16,17)10(18,19)11(20,21)22/h6H,1-5H2. The van der Waals surface area contributed by atoms with Gasteiger partial charge in [-0.25, -0.2) is 0 Å². The number of rotatable bonds is 7. The molecule has 0 saturated heterocycles. The molecule has 0 unspecified atom stereocenters. The Morgan fingerprint density at radius 3 is 1.45 bits per heavy atom. The molecule has 0 nitrogen and oxygen atoms in total. The largest absolute Gasteiger partial charge is 0.460 e. The van der Waals surface area contributed by atoms with Crippen LogP contribution in [0.2, 0.25) is 0 Å². The molecule has 1 aliphatic rings. The van der Waals surface area contributed by atoms with Crippen molar-refractivity contribution < 1.29 is 48.3 Å². The smallest absolute Gasteiger partial charge is 0.200 e. The molecule has 0 radical (unpaired) electrons. The minimum absolute atomic E-state index is 0.00704. The SMILES string of the molecule is FC(F)(F)C(F)(F)C(F)(F)C(F)(F)C(F)(F)CCCC1CC1. The molecule has 1 saturated carbocycles. The molecule has 0 N–H and O–H groups in total. The molecule has 0 amide bonds. The highest BCUT2D eigenvalue weighted by molar-refractivity contribution is 5.06. The first-order chi connectivity index (χ1) is 9.58. The van der Waals surface area contributed by atoms with Gasteiger partial charge in [0.15, 0.2) is 0 Å². The van der Waals surface area contributed by atoms with E-state index in [9.17, 15) is 48.3 Å². The van der Waals surface area contributed by atoms with Crippen molar-refractivity contribution in [2.24, 2.45) is 5.92 Å². The lowest BCUT2D eigenvalue weighted by molar-refractivity contribution is -0.422. The molecule has 0 aromatic carbocycles. The van der Waals surface area contributed by atoms with Crippen LogP contribution in [0.5, 0.6) is 0 Å². The molecule has 0 heterocycles. The molecule has 11 heteroatoms. The van der Waals surface area contributed by atoms with Crippen LogP contribution in [0.1, 0.15) is 32.1 Å². The molecular weight excluding hydrogens is 341 g/mol. The molecule has 1 rings (SSSR count). The Kier molecular flexibility index (Phi) is 4.73. The van der Waals surface area contributed by atoms with Gasteiger partial charge in [-0.3, -0.25) is 0 Å². The van der Waals surface area contributed by atoms with E-state index in [-0.39, 0.29) is 12.3 Å². The Labute approximate surface area is 117 Å². The van der Waals surface area contributed by atoms with Gasteiger partial charge in [0.25, 0.3) is 0 Å². The van der Waals surface area contributed by atoms with Crippen molar-refractivity contribution in [3.05, 3.63) is 0 Å². The first-order valence-corrected chi connectivity index (χ1v) is 6.16. The molecule has 132 valence electrons. The highest BCUT2D eigenvalue weighted by Crippen LogP contribution is 2.58. The van der Waals surface area contributed by atoms with Gasteiger partial charge in [-0.2, -0.15) is 48.3 Å². The zero-order chi connectivity index (χ0) is 17.6. The van der Waals surface area contributed by atoms with E-state index in [0.29, 0.717) is 12.8 Å². The highest BCUT2D eigenvalue weighted by Gasteiger charge is 2.86. The Morgan fingerprint density at radius 1 is 0.636 bits per heavy atom. The van der Waals surface area contributed by atoms with Crippen molar-refractivity contribution in [1.82, 2.24) is 0 Å². The lowest BCUT2D eigenvalue weighted by atomic mass is 9.94. The summed E-state index contributed by atoms with van der Waals surface area (Å²) in [7, 11) is 0. The second-order valence-corrected chi connectivity index (χ2v) is 5.26. The molecule has 1 fully saturated rings. The average molecular weight is 352 g/mol. The molecule has 0 aromatic rings. The molecule has 0 aliphatic heterocycles. The maximum absolute atomic E-state index is 13.2. The van der Waals surface area contributed by atoms with Gasteiger partial charge in [0, 0.05) is 6.42 Å². The van der Waals surface area contributed by atoms with E-state index < -0.39 is 42.7 Å². The van der Waals surface area contributed by atoms with Gasteiger partial charge in [-0.15, -0.1) is 0 Å². The molecule has 0 bridgehead atoms. The van der Waals surface area contributed by atoms with Crippen LogP contribution in [0.25, 0.3) is 0 Å². The Bertz CT molecular complexity index is 391. The molecule has 0 spiro atoms. The topological polar surface area (TPSA) is 0 Å². The quantitative estimate of drug-likeness (QED) is 0.518. The first kappa shape index (κ1) is 19.3. The number of halogens is 11. The van der Waals surface area contributed by atoms with Crippen LogP contribution in [0.15, 0.2) is 0 Å². The van der Waals surface area contributed by atoms with Crippen molar-refractivity contribution in [2.75, 3.05) is 0 Å². The van der Waals surface area contributed by atoms with Gasteiger partial charge in [-0.1, -0.05) is 19.3 Å². The predicted octanol–water partition coefficient (Wildman–Crippen LogP) is 5.67. The van der Waals surface area contributed by atoms with Crippen molar-refractivity contribution in [1.29, 1.82) is 0 Å². The van der Waals surface area contributed by atoms with E-state index >= 15 is 0 Å². The van der Waals surface area contributed by atoms with Gasteiger partial charge < -0.3 is 0 Å². The maximum atomic E-state index is 13.2. The number of alkyl halides is 11. The summed E-state index contributed by atoms with van der Waals surface area (Å²) in [5, 5.41) is 0. The summed E-state index contributed by atoms with van der Waals surface area (Å²) in [4.78, 5) is 0. The van der Waals surface area contributed by atoms with Crippen LogP contribution >= 0.6 is 0 Å². The highest BCUT2D eigenvalue weighted by atomic mass is 19.4. The summed E-state index contributed by atoms with van der Waals surface area (Å²) in [6.07, 6.45) is -8.40. The van der Waals surface area contributed by atoms with Crippen LogP contribution in [0.4, 0.5) is 48.3 Å². The number of hydrogen-bond donors (Lipinski definition) is 0. The summed E-state index contributed by atoms with van der Waals surface area (Å²) >= 11 is 0. The van der Waals surface area contributed by atoms with E-state index in [1.54, 1.807) is 0 Å². The van der Waals surface area contributed by atoms with Gasteiger partial charge >= 0.3 is 29.9 Å². The predicted molar refractivity (Wildman–Crippen MR) is 52.4 cm³/mol. The molecule has 22 heavy (non-hydrogen) atoms. The minimum Gasteiger partial charge on any atom is -0.200 e. The molecule has 0 aromatic heterocycles. The summed E-state index contributed by atoms with van der Waals surface area (Å²) in [6, 6.07) is 0. The lowest BCUT2D eigenvalue weighted by Crippen LogP contribution is -2.66. The maximum Gasteiger partial charge on any atom is 0.460 e. The summed E-state index contributed by atoms with van der Waals surface area (Å²) in [5.41, 5.74) is 0. The van der Waals surface area contributed by atoms with E-state index in [0.717, 1.165) is 0 Å². The second-order valence-electron chi connectivity index (χ2n) is 5.26. The van der Waals surface area contributed by atoms with Crippen molar-refractivity contribution in [3.63, 3.8) is 0 Å². The summed E-state index contributed by atoms with van der Waals surface area (Å²) in [5.74, 6) is -27.1. The van der Waals surface area contributed by atoms with Crippen molar-refractivity contribution in [2.45, 2.75) is 62.0 Å². The third-order valence-electron chi connectivity index (χ3n) is 3.40. The fourth-order valence-corrected chi connectivity index (χ4v) is 1.78. The fraction of sp³-hybridized carbons (Fsp3) is 1.00. The molecule has 0 atom stereocenters. The number of hydrogen-bond acceptors (Lipinski definition) is 0. The van der Waals surface area contributed by atoms with Crippen LogP contribution < -0.4 is 0 Å². The van der Waals surface area contributed by atoms with Crippen LogP contribution in [0, 0.1) is 5.92 Å². The average Bonchev–Trinajstić information content (AvgIpc) is 3.10. The first-order valence-electron chi connectivity index (χ1n) is 6.16. The molecule has 1 aliphatic carbocycles. The van der Waals surface area contributed by atoms with Gasteiger partial charge in [0.05, 0.1) is 0 Å². The van der Waals surface area contributed by atoms with Crippen LogP contribution in [0.3, 0.4) is 0 Å². The minimum atomic E-state index is -7.29. The second kappa shape index (κ2) is 5.40. The summed E-state index contributed by atoms with van der Waals surface area (Å²) in [6.45, 7) is 0. The van der Waals surface area contributed by atoms with Crippen LogP contribution in [-0.4, -0.2) is 29.9 Å². The van der Waals surface area contributed by atoms with E-state index in [2.05, 4.69) is 0 Å². The fourth-order valence-electron chi connectivity index (χ4n) is 1.78. The van der Waals surface area contributed by atoms with E-state index in [1.807, 2.05) is 0 Å². The van der Waals surface area contributed by atoms with Gasteiger partial charge in [-0.05, 0) is 12.3 Å². The Balaban J connectivity index is 2.96. The zero-order valence-electron chi connectivity index (χ0n) is 10.8. The zero-order valence-corrected chi connectivity index (χ0v) is 10.8. The van der Waals surface area contributed by atoms with Crippen LogP contribution in [-0.2, 0) is 0 Å². The third-order valence-corrected chi connectivity index (χ3v) is 3.40. The van der Waals surface area contributed by atoms with Gasteiger partial charge in [0.1, 0.15) is 0 Å². The molecular formula is C11H11F11. The van der Waals surface area contributed by atoms with E-state index in [4.69, 9.17) is 0 Å². The van der Waals surface area contributed by atoms with Crippen molar-refractivity contribution in [3.8, 4) is 0 Å².